The number of ether oxygens (including phenoxy) is 1. The average Bonchev–Trinajstić information content (AvgIpc) is 2.86. The van der Waals surface area contributed by atoms with Gasteiger partial charge in [-0.05, 0) is 44.7 Å². The van der Waals surface area contributed by atoms with E-state index >= 15 is 0 Å². The second kappa shape index (κ2) is 9.10. The molecule has 2 aliphatic rings. The van der Waals surface area contributed by atoms with Crippen LogP contribution in [-0.4, -0.2) is 74.6 Å². The van der Waals surface area contributed by atoms with Crippen LogP contribution in [0.15, 0.2) is 0 Å². The van der Waals surface area contributed by atoms with Crippen LogP contribution in [0.25, 0.3) is 0 Å². The van der Waals surface area contributed by atoms with Gasteiger partial charge in [-0.1, -0.05) is 0 Å². The molecule has 6 heteroatoms. The van der Waals surface area contributed by atoms with Crippen LogP contribution < -0.4 is 5.32 Å². The molecule has 0 spiro atoms. The number of nitrogens with one attached hydrogen (secondary N) is 1. The minimum Gasteiger partial charge on any atom is -0.383 e. The van der Waals surface area contributed by atoms with Crippen molar-refractivity contribution in [3.63, 3.8) is 0 Å². The van der Waals surface area contributed by atoms with E-state index < -0.39 is 0 Å². The highest BCUT2D eigenvalue weighted by Gasteiger charge is 2.26. The zero-order valence-corrected chi connectivity index (χ0v) is 13.7. The van der Waals surface area contributed by atoms with Gasteiger partial charge in [0.15, 0.2) is 0 Å². The molecular weight excluding hydrogens is 282 g/mol. The lowest BCUT2D eigenvalue weighted by molar-refractivity contribution is -0.139. The summed E-state index contributed by atoms with van der Waals surface area (Å²) in [5, 5.41) is 3.37. The Kier molecular flexibility index (Phi) is 7.12. The number of nitrogens with zero attached hydrogens (tertiary/aromatic N) is 2. The average molecular weight is 311 g/mol. The Morgan fingerprint density at radius 2 is 2.14 bits per heavy atom. The Bertz CT molecular complexity index is 368. The first-order valence-electron chi connectivity index (χ1n) is 8.46. The van der Waals surface area contributed by atoms with E-state index in [2.05, 4.69) is 5.32 Å². The molecule has 22 heavy (non-hydrogen) atoms. The van der Waals surface area contributed by atoms with Crippen molar-refractivity contribution < 1.29 is 14.3 Å². The molecule has 1 N–H and O–H groups in total. The molecule has 2 amide bonds. The van der Waals surface area contributed by atoms with Crippen molar-refractivity contribution in [2.45, 2.75) is 32.1 Å². The molecule has 0 aromatic rings. The molecule has 2 heterocycles. The quantitative estimate of drug-likeness (QED) is 0.802. The summed E-state index contributed by atoms with van der Waals surface area (Å²) in [4.78, 5) is 28.3. The van der Waals surface area contributed by atoms with Crippen molar-refractivity contribution in [2.24, 2.45) is 5.92 Å². The minimum absolute atomic E-state index is 0.0467. The maximum atomic E-state index is 12.5. The number of rotatable bonds is 5. The van der Waals surface area contributed by atoms with Crippen molar-refractivity contribution in [3.8, 4) is 0 Å². The van der Waals surface area contributed by atoms with E-state index in [1.165, 1.54) is 0 Å². The van der Waals surface area contributed by atoms with Crippen LogP contribution in [0.3, 0.4) is 0 Å². The fraction of sp³-hybridized carbons (Fsp3) is 0.875. The van der Waals surface area contributed by atoms with Crippen molar-refractivity contribution >= 4 is 11.8 Å². The van der Waals surface area contributed by atoms with E-state index in [1.807, 2.05) is 4.90 Å². The smallest absolute Gasteiger partial charge is 0.242 e. The van der Waals surface area contributed by atoms with Crippen LogP contribution in [-0.2, 0) is 14.3 Å². The van der Waals surface area contributed by atoms with Crippen LogP contribution in [0.5, 0.6) is 0 Å². The first kappa shape index (κ1) is 17.2. The molecule has 2 fully saturated rings. The van der Waals surface area contributed by atoms with Gasteiger partial charge in [-0.3, -0.25) is 9.59 Å². The first-order chi connectivity index (χ1) is 10.7. The van der Waals surface area contributed by atoms with Gasteiger partial charge in [0.05, 0.1) is 13.2 Å². The topological polar surface area (TPSA) is 61.9 Å². The Balaban J connectivity index is 1.83. The van der Waals surface area contributed by atoms with Gasteiger partial charge in [0.1, 0.15) is 0 Å². The SMILES string of the molecule is COCCN1CCCN(C(=O)CC2CCCNCC2)CC1=O. The summed E-state index contributed by atoms with van der Waals surface area (Å²) in [6.45, 7) is 4.87. The normalized spacial score (nSPS) is 24.0. The maximum absolute atomic E-state index is 12.5. The molecule has 2 saturated heterocycles. The van der Waals surface area contributed by atoms with E-state index in [0.717, 1.165) is 45.3 Å². The monoisotopic (exact) mass is 311 g/mol. The highest BCUT2D eigenvalue weighted by molar-refractivity contribution is 5.85. The Morgan fingerprint density at radius 1 is 1.27 bits per heavy atom. The number of amides is 2. The highest BCUT2D eigenvalue weighted by atomic mass is 16.5. The summed E-state index contributed by atoms with van der Waals surface area (Å²) >= 11 is 0. The molecule has 0 radical (unpaired) electrons. The lowest BCUT2D eigenvalue weighted by Crippen LogP contribution is -2.40. The van der Waals surface area contributed by atoms with E-state index in [4.69, 9.17) is 4.74 Å². The minimum atomic E-state index is 0.0467. The predicted octanol–water partition coefficient (Wildman–Crippen LogP) is 0.474. The van der Waals surface area contributed by atoms with Crippen LogP contribution in [0.4, 0.5) is 0 Å². The lowest BCUT2D eigenvalue weighted by atomic mass is 9.96. The van der Waals surface area contributed by atoms with Crippen LogP contribution >= 0.6 is 0 Å². The van der Waals surface area contributed by atoms with Gasteiger partial charge in [0, 0.05) is 33.2 Å². The standard InChI is InChI=1S/C16H29N3O3/c1-22-11-10-18-8-3-9-19(13-16(18)21)15(20)12-14-4-2-6-17-7-5-14/h14,17H,2-13H2,1H3. The van der Waals surface area contributed by atoms with E-state index in [0.29, 0.717) is 32.0 Å². The van der Waals surface area contributed by atoms with E-state index in [9.17, 15) is 9.59 Å². The molecule has 0 aromatic carbocycles. The highest BCUT2D eigenvalue weighted by Crippen LogP contribution is 2.19. The lowest BCUT2D eigenvalue weighted by Gasteiger charge is -2.23. The largest absolute Gasteiger partial charge is 0.383 e. The second-order valence-electron chi connectivity index (χ2n) is 6.29. The third kappa shape index (κ3) is 5.25. The first-order valence-corrected chi connectivity index (χ1v) is 8.46. The fourth-order valence-corrected chi connectivity index (χ4v) is 3.24. The Hall–Kier alpha value is -1.14. The zero-order chi connectivity index (χ0) is 15.8. The number of carbonyl (C=O) groups is 2. The molecule has 0 aromatic heterocycles. The number of methoxy groups -OCH3 is 1. The predicted molar refractivity (Wildman–Crippen MR) is 84.5 cm³/mol. The van der Waals surface area contributed by atoms with Crippen molar-refractivity contribution in [3.05, 3.63) is 0 Å². The second-order valence-corrected chi connectivity index (χ2v) is 6.29. The summed E-state index contributed by atoms with van der Waals surface area (Å²) in [6.07, 6.45) is 4.76. The van der Waals surface area contributed by atoms with Gasteiger partial charge in [0.25, 0.3) is 0 Å². The zero-order valence-electron chi connectivity index (χ0n) is 13.7. The maximum Gasteiger partial charge on any atom is 0.242 e. The molecule has 1 atom stereocenters. The summed E-state index contributed by atoms with van der Waals surface area (Å²) in [7, 11) is 1.64. The van der Waals surface area contributed by atoms with Crippen molar-refractivity contribution in [1.82, 2.24) is 15.1 Å². The van der Waals surface area contributed by atoms with E-state index in [-0.39, 0.29) is 18.4 Å². The summed E-state index contributed by atoms with van der Waals surface area (Å²) in [6, 6.07) is 0. The molecule has 0 aliphatic carbocycles. The molecule has 6 nitrogen and oxygen atoms in total. The van der Waals surface area contributed by atoms with Crippen molar-refractivity contribution in [2.75, 3.05) is 53.0 Å². The molecule has 126 valence electrons. The van der Waals surface area contributed by atoms with Gasteiger partial charge in [-0.15, -0.1) is 0 Å². The van der Waals surface area contributed by atoms with Gasteiger partial charge in [-0.25, -0.2) is 0 Å². The molecule has 2 aliphatic heterocycles. The van der Waals surface area contributed by atoms with Gasteiger partial charge in [-0.2, -0.15) is 0 Å². The Labute approximate surface area is 133 Å². The molecule has 0 bridgehead atoms. The van der Waals surface area contributed by atoms with Gasteiger partial charge < -0.3 is 19.9 Å². The third-order valence-electron chi connectivity index (χ3n) is 4.61. The summed E-state index contributed by atoms with van der Waals surface area (Å²) in [5.41, 5.74) is 0. The Morgan fingerprint density at radius 3 is 2.95 bits per heavy atom. The number of hydrogen-bond acceptors (Lipinski definition) is 4. The fourth-order valence-electron chi connectivity index (χ4n) is 3.24. The summed E-state index contributed by atoms with van der Waals surface area (Å²) < 4.78 is 5.04. The van der Waals surface area contributed by atoms with Gasteiger partial charge in [0.2, 0.25) is 11.8 Å². The van der Waals surface area contributed by atoms with Crippen molar-refractivity contribution in [1.29, 1.82) is 0 Å². The van der Waals surface area contributed by atoms with Crippen LogP contribution in [0, 0.1) is 5.92 Å². The molecule has 1 unspecified atom stereocenters. The number of carbonyl (C=O) groups excluding carboxylic acids is 2. The third-order valence-corrected chi connectivity index (χ3v) is 4.61. The number of hydrogen-bond donors (Lipinski definition) is 1. The molecule has 2 rings (SSSR count). The van der Waals surface area contributed by atoms with E-state index in [1.54, 1.807) is 12.0 Å². The van der Waals surface area contributed by atoms with Crippen LogP contribution in [0.1, 0.15) is 32.1 Å². The van der Waals surface area contributed by atoms with Gasteiger partial charge >= 0.3 is 0 Å². The summed E-state index contributed by atoms with van der Waals surface area (Å²) in [5.74, 6) is 0.657. The van der Waals surface area contributed by atoms with Crippen LogP contribution in [0.2, 0.25) is 0 Å². The molecule has 0 saturated carbocycles. The molecular formula is C16H29N3O3.